The molecule has 0 amide bonds. The van der Waals surface area contributed by atoms with Crippen molar-refractivity contribution in [3.05, 3.63) is 23.8 Å². The fourth-order valence-electron chi connectivity index (χ4n) is 1.54. The molecule has 5 nitrogen and oxygen atoms in total. The Bertz CT molecular complexity index is 333. The summed E-state index contributed by atoms with van der Waals surface area (Å²) in [4.78, 5) is 3.78. The fourth-order valence-corrected chi connectivity index (χ4v) is 1.54. The van der Waals surface area contributed by atoms with Gasteiger partial charge in [-0.05, 0) is 29.6 Å². The number of anilines is 1. The number of hydrogen-bond donors (Lipinski definition) is 3. The van der Waals surface area contributed by atoms with Crippen molar-refractivity contribution in [2.75, 3.05) is 12.1 Å². The van der Waals surface area contributed by atoms with Crippen LogP contribution in [-0.2, 0) is 16.1 Å². The van der Waals surface area contributed by atoms with Crippen molar-refractivity contribution in [1.29, 1.82) is 0 Å². The molecule has 0 aliphatic carbocycles. The molecule has 14 heavy (non-hydrogen) atoms. The average molecular weight is 195 g/mol. The topological polar surface area (TPSA) is 71.0 Å². The van der Waals surface area contributed by atoms with E-state index >= 15 is 0 Å². The van der Waals surface area contributed by atoms with E-state index in [9.17, 15) is 5.02 Å². The molecule has 0 saturated heterocycles. The molecule has 1 aromatic rings. The molecule has 0 aromatic heterocycles. The maximum Gasteiger partial charge on any atom is 0.491 e. The first-order valence-corrected chi connectivity index (χ1v) is 4.30. The van der Waals surface area contributed by atoms with Crippen molar-refractivity contribution in [2.45, 2.75) is 6.42 Å². The second-order valence-electron chi connectivity index (χ2n) is 3.08. The second kappa shape index (κ2) is 3.97. The van der Waals surface area contributed by atoms with Gasteiger partial charge in [-0.3, -0.25) is 0 Å². The van der Waals surface area contributed by atoms with Gasteiger partial charge >= 0.3 is 7.12 Å². The van der Waals surface area contributed by atoms with Gasteiger partial charge < -0.3 is 9.68 Å². The zero-order chi connectivity index (χ0) is 9.97. The van der Waals surface area contributed by atoms with E-state index in [0.29, 0.717) is 17.8 Å². The minimum atomic E-state index is -0.890. The first-order valence-electron chi connectivity index (χ1n) is 4.30. The monoisotopic (exact) mass is 195 g/mol. The van der Waals surface area contributed by atoms with Gasteiger partial charge in [0.2, 0.25) is 0 Å². The Hall–Kier alpha value is -1.08. The molecule has 2 rings (SSSR count). The highest BCUT2D eigenvalue weighted by atomic mass is 17.2. The number of hydrogen-bond acceptors (Lipinski definition) is 5. The van der Waals surface area contributed by atoms with Crippen molar-refractivity contribution in [3.8, 4) is 0 Å². The summed E-state index contributed by atoms with van der Waals surface area (Å²) in [6.45, 7) is 0.525. The van der Waals surface area contributed by atoms with Crippen LogP contribution in [0.15, 0.2) is 18.2 Å². The Morgan fingerprint density at radius 1 is 1.50 bits per heavy atom. The van der Waals surface area contributed by atoms with Gasteiger partial charge in [0.1, 0.15) is 0 Å². The molecule has 0 radical (unpaired) electrons. The summed E-state index contributed by atoms with van der Waals surface area (Å²) in [7, 11) is -0.890. The lowest BCUT2D eigenvalue weighted by Gasteiger charge is -2.19. The largest absolute Gasteiger partial charge is 0.491 e. The fraction of sp³-hybridized carbons (Fsp3) is 0.250. The van der Waals surface area contributed by atoms with Gasteiger partial charge in [-0.25, -0.2) is 10.7 Å². The van der Waals surface area contributed by atoms with E-state index in [1.807, 2.05) is 6.07 Å². The van der Waals surface area contributed by atoms with E-state index in [-0.39, 0.29) is 0 Å². The predicted molar refractivity (Wildman–Crippen MR) is 51.0 cm³/mol. The van der Waals surface area contributed by atoms with Crippen LogP contribution in [0.4, 0.5) is 5.69 Å². The van der Waals surface area contributed by atoms with Crippen LogP contribution in [0.1, 0.15) is 5.56 Å². The maximum atomic E-state index is 9.50. The lowest BCUT2D eigenvalue weighted by Crippen LogP contribution is -2.41. The van der Waals surface area contributed by atoms with Gasteiger partial charge in [0.25, 0.3) is 0 Å². The second-order valence-corrected chi connectivity index (χ2v) is 3.08. The molecular weight excluding hydrogens is 185 g/mol. The molecular formula is C8H10BNO4. The van der Waals surface area contributed by atoms with Crippen LogP contribution in [0.25, 0.3) is 0 Å². The summed E-state index contributed by atoms with van der Waals surface area (Å²) in [5.41, 5.74) is 4.59. The van der Waals surface area contributed by atoms with Gasteiger partial charge in [0.05, 0.1) is 5.69 Å². The molecule has 1 aliphatic heterocycles. The normalized spacial score (nSPS) is 15.1. The molecule has 0 unspecified atom stereocenters. The lowest BCUT2D eigenvalue weighted by molar-refractivity contribution is -0.215. The standard InChI is InChI=1S/C8H10BNO4/c11-9-8-5-7(10-14-12)2-1-6(8)3-4-13-9/h1-2,5,10-12H,3-4H2. The summed E-state index contributed by atoms with van der Waals surface area (Å²) in [5, 5.41) is 17.7. The summed E-state index contributed by atoms with van der Waals surface area (Å²) >= 11 is 0. The third-order valence-corrected chi connectivity index (χ3v) is 2.22. The quantitative estimate of drug-likeness (QED) is 0.345. The molecule has 1 aliphatic rings. The molecule has 1 heterocycles. The third-order valence-electron chi connectivity index (χ3n) is 2.22. The van der Waals surface area contributed by atoms with Crippen molar-refractivity contribution >= 4 is 18.3 Å². The smallest absolute Gasteiger partial charge is 0.423 e. The molecule has 0 fully saturated rings. The molecule has 3 N–H and O–H groups in total. The predicted octanol–water partition coefficient (Wildman–Crippen LogP) is -0.237. The van der Waals surface area contributed by atoms with E-state index in [0.717, 1.165) is 12.0 Å². The summed E-state index contributed by atoms with van der Waals surface area (Å²) < 4.78 is 5.06. The van der Waals surface area contributed by atoms with E-state index in [1.54, 1.807) is 12.1 Å². The van der Waals surface area contributed by atoms with Gasteiger partial charge in [0, 0.05) is 6.61 Å². The SMILES string of the molecule is OONc1ccc2c(c1)B(O)OCC2. The molecule has 1 aromatic carbocycles. The van der Waals surface area contributed by atoms with Crippen LogP contribution in [0.5, 0.6) is 0 Å². The summed E-state index contributed by atoms with van der Waals surface area (Å²) in [6, 6.07) is 5.30. The summed E-state index contributed by atoms with van der Waals surface area (Å²) in [5.74, 6) is 0. The van der Waals surface area contributed by atoms with Crippen LogP contribution in [0, 0.1) is 0 Å². The van der Waals surface area contributed by atoms with E-state index < -0.39 is 7.12 Å². The first kappa shape index (κ1) is 9.48. The maximum absolute atomic E-state index is 9.50. The molecule has 0 saturated carbocycles. The number of rotatable bonds is 2. The Morgan fingerprint density at radius 3 is 3.14 bits per heavy atom. The van der Waals surface area contributed by atoms with Gasteiger partial charge in [0.15, 0.2) is 0 Å². The molecule has 0 spiro atoms. The van der Waals surface area contributed by atoms with Gasteiger partial charge in [-0.1, -0.05) is 6.07 Å². The zero-order valence-corrected chi connectivity index (χ0v) is 7.43. The number of fused-ring (bicyclic) bond motifs is 1. The van der Waals surface area contributed by atoms with Crippen LogP contribution < -0.4 is 10.9 Å². The van der Waals surface area contributed by atoms with Gasteiger partial charge in [-0.15, -0.1) is 4.99 Å². The molecule has 0 atom stereocenters. The minimum Gasteiger partial charge on any atom is -0.423 e. The Balaban J connectivity index is 2.31. The van der Waals surface area contributed by atoms with Gasteiger partial charge in [-0.2, -0.15) is 0 Å². The highest BCUT2D eigenvalue weighted by molar-refractivity contribution is 6.61. The van der Waals surface area contributed by atoms with E-state index in [1.165, 1.54) is 0 Å². The molecule has 0 bridgehead atoms. The van der Waals surface area contributed by atoms with E-state index in [2.05, 4.69) is 10.5 Å². The molecule has 6 heteroatoms. The average Bonchev–Trinajstić information content (AvgIpc) is 2.20. The summed E-state index contributed by atoms with van der Waals surface area (Å²) in [6.07, 6.45) is 0.784. The zero-order valence-electron chi connectivity index (χ0n) is 7.43. The van der Waals surface area contributed by atoms with Crippen LogP contribution in [0.2, 0.25) is 0 Å². The van der Waals surface area contributed by atoms with Crippen LogP contribution >= 0.6 is 0 Å². The van der Waals surface area contributed by atoms with Crippen molar-refractivity contribution in [2.24, 2.45) is 0 Å². The Kier molecular flexibility index (Phi) is 2.69. The van der Waals surface area contributed by atoms with Crippen molar-refractivity contribution in [3.63, 3.8) is 0 Å². The van der Waals surface area contributed by atoms with Crippen LogP contribution in [0.3, 0.4) is 0 Å². The first-order chi connectivity index (χ1) is 6.81. The lowest BCUT2D eigenvalue weighted by atomic mass is 9.73. The van der Waals surface area contributed by atoms with Crippen molar-refractivity contribution in [1.82, 2.24) is 0 Å². The van der Waals surface area contributed by atoms with E-state index in [4.69, 9.17) is 9.91 Å². The third kappa shape index (κ3) is 1.73. The number of benzene rings is 1. The highest BCUT2D eigenvalue weighted by Crippen LogP contribution is 2.12. The minimum absolute atomic E-state index is 0.525. The Morgan fingerprint density at radius 2 is 2.36 bits per heavy atom. The van der Waals surface area contributed by atoms with Crippen LogP contribution in [-0.4, -0.2) is 24.0 Å². The van der Waals surface area contributed by atoms with Crippen molar-refractivity contribution < 1.29 is 19.9 Å². The molecule has 74 valence electrons. The Labute approximate surface area is 81.3 Å². The number of nitrogens with one attached hydrogen (secondary N) is 1. The highest BCUT2D eigenvalue weighted by Gasteiger charge is 2.24.